The van der Waals surface area contributed by atoms with Gasteiger partial charge in [0.1, 0.15) is 116 Å². The van der Waals surface area contributed by atoms with E-state index in [4.69, 9.17) is 37.9 Å². The van der Waals surface area contributed by atoms with E-state index in [1.54, 1.807) is 0 Å². The largest absolute Gasteiger partial charge is 0.394 e. The number of amides is 1. The molecule has 26 nitrogen and oxygen atoms in total. The van der Waals surface area contributed by atoms with Crippen molar-refractivity contribution in [3.05, 3.63) is 0 Å². The maximum absolute atomic E-state index is 12.4. The van der Waals surface area contributed by atoms with Gasteiger partial charge in [-0.25, -0.2) is 0 Å². The van der Waals surface area contributed by atoms with Crippen LogP contribution in [0.4, 0.5) is 0 Å². The fraction of sp³-hybridized carbons (Fsp3) is 0.938. The first-order valence-corrected chi connectivity index (χ1v) is 18.2. The maximum atomic E-state index is 12.4. The first-order chi connectivity index (χ1) is 27.3. The molecule has 0 saturated carbocycles. The lowest BCUT2D eigenvalue weighted by atomic mass is 9.94. The molecular formula is C32H55NO25. The molecule has 1 amide bonds. The van der Waals surface area contributed by atoms with Crippen LogP contribution in [-0.4, -0.2) is 262 Å². The van der Waals surface area contributed by atoms with Crippen LogP contribution in [0.25, 0.3) is 0 Å². The van der Waals surface area contributed by atoms with Gasteiger partial charge in [0.25, 0.3) is 0 Å². The topological polar surface area (TPSA) is 423 Å². The van der Waals surface area contributed by atoms with Crippen molar-refractivity contribution in [2.75, 3.05) is 26.4 Å². The van der Waals surface area contributed by atoms with Gasteiger partial charge in [-0.3, -0.25) is 4.79 Å². The zero-order valence-corrected chi connectivity index (χ0v) is 31.1. The molecule has 0 aromatic heterocycles. The van der Waals surface area contributed by atoms with Crippen molar-refractivity contribution in [1.29, 1.82) is 0 Å². The fourth-order valence-electron chi connectivity index (χ4n) is 6.91. The average molecular weight is 854 g/mol. The quantitative estimate of drug-likeness (QED) is 0.0604. The van der Waals surface area contributed by atoms with Crippen molar-refractivity contribution >= 4 is 12.2 Å². The van der Waals surface area contributed by atoms with Crippen LogP contribution in [0.3, 0.4) is 0 Å². The third-order valence-electron chi connectivity index (χ3n) is 10.2. The number of aldehydes is 1. The summed E-state index contributed by atoms with van der Waals surface area (Å²) in [5.74, 6) is -0.828. The number of carbonyl (C=O) groups excluding carboxylic acids is 2. The molecule has 4 heterocycles. The molecule has 0 aromatic carbocycles. The van der Waals surface area contributed by atoms with E-state index in [1.165, 1.54) is 6.92 Å². The van der Waals surface area contributed by atoms with Crippen LogP contribution in [0, 0.1) is 0 Å². The Kier molecular flexibility index (Phi) is 18.0. The predicted molar refractivity (Wildman–Crippen MR) is 178 cm³/mol. The van der Waals surface area contributed by atoms with E-state index >= 15 is 0 Å². The standard InChI is InChI=1S/C32H55NO25/c1-8-16(42)20(46)22(48)30(51-8)55-25(10(40)3-34)26(11(41)4-35)56-32-24(50)28(19(45)14(7-38)54-32)58-29-15(33-9(2)39)27(18(44)13(6-37)52-29)57-31-23(49)21(47)17(43)12(5-36)53-31/h3,8,10-32,35-38,40-50H,4-7H2,1-2H3,(H,33,39)/t8-,10-,11-,12-,13-,14+,15+,16+,17+,18+,19-,20+,21-,22+,23+,24-,25-,26-,27-,28-,29+,30+,31+,32-/m1/s1. The smallest absolute Gasteiger partial charge is 0.217 e. The highest BCUT2D eigenvalue weighted by Gasteiger charge is 2.56. The van der Waals surface area contributed by atoms with E-state index < -0.39 is 180 Å². The number of rotatable bonds is 17. The SMILES string of the molecule is CC(=O)N[C@@H]1[C@H](O[C@H]2[C@@H](O)[C@@H](O[C@@H]([C@H](O[C@@H]3O[C@H](C)[C@H](O)[C@H](O)[C@@H]3O)[C@H](O)C=O)[C@H](O)CO)O[C@@H](CO)[C@H]2O)O[C@H](CO)[C@H](O)[C@@H]1O[C@@H]1O[C@H](CO)[C@H](O)[C@@H](O)[C@@H]1O. The van der Waals surface area contributed by atoms with E-state index in [9.17, 15) is 86.2 Å². The molecule has 24 atom stereocenters. The van der Waals surface area contributed by atoms with Gasteiger partial charge < -0.3 is 125 Å². The average Bonchev–Trinajstić information content (AvgIpc) is 3.20. The number of carbonyl (C=O) groups is 2. The Morgan fingerprint density at radius 2 is 1.07 bits per heavy atom. The minimum atomic E-state index is -2.26. The highest BCUT2D eigenvalue weighted by atomic mass is 16.8. The molecule has 4 saturated heterocycles. The number of ether oxygens (including phenoxy) is 8. The van der Waals surface area contributed by atoms with Crippen LogP contribution in [0.15, 0.2) is 0 Å². The van der Waals surface area contributed by atoms with Crippen molar-refractivity contribution in [3.63, 3.8) is 0 Å². The zero-order chi connectivity index (χ0) is 43.3. The normalized spacial score (nSPS) is 45.8. The predicted octanol–water partition coefficient (Wildman–Crippen LogP) is -10.9. The van der Waals surface area contributed by atoms with Gasteiger partial charge >= 0.3 is 0 Å². The summed E-state index contributed by atoms with van der Waals surface area (Å²) >= 11 is 0. The van der Waals surface area contributed by atoms with Crippen LogP contribution >= 0.6 is 0 Å². The van der Waals surface area contributed by atoms with Crippen molar-refractivity contribution in [2.24, 2.45) is 0 Å². The van der Waals surface area contributed by atoms with Crippen molar-refractivity contribution in [1.82, 2.24) is 5.32 Å². The minimum absolute atomic E-state index is 0.101. The Morgan fingerprint density at radius 1 is 0.603 bits per heavy atom. The Morgan fingerprint density at radius 3 is 1.62 bits per heavy atom. The number of hydrogen-bond donors (Lipinski definition) is 16. The van der Waals surface area contributed by atoms with Crippen LogP contribution in [0.5, 0.6) is 0 Å². The van der Waals surface area contributed by atoms with Crippen molar-refractivity contribution in [3.8, 4) is 0 Å². The molecule has 338 valence electrons. The van der Waals surface area contributed by atoms with Gasteiger partial charge in [-0.05, 0) is 6.92 Å². The van der Waals surface area contributed by atoms with Crippen molar-refractivity contribution < 1.29 is 124 Å². The second kappa shape index (κ2) is 21.3. The monoisotopic (exact) mass is 853 g/mol. The number of hydrogen-bond acceptors (Lipinski definition) is 25. The van der Waals surface area contributed by atoms with Gasteiger partial charge in [0.2, 0.25) is 5.91 Å². The summed E-state index contributed by atoms with van der Waals surface area (Å²) in [5, 5.41) is 159. The van der Waals surface area contributed by atoms with Gasteiger partial charge in [0.05, 0.1) is 32.5 Å². The Hall–Kier alpha value is -1.78. The third kappa shape index (κ3) is 10.6. The summed E-state index contributed by atoms with van der Waals surface area (Å²) in [6.07, 6.45) is -43.9. The molecule has 4 rings (SSSR count). The van der Waals surface area contributed by atoms with Gasteiger partial charge in [-0.1, -0.05) is 0 Å². The highest BCUT2D eigenvalue weighted by molar-refractivity contribution is 5.73. The van der Waals surface area contributed by atoms with Crippen LogP contribution in [0.2, 0.25) is 0 Å². The molecule has 4 aliphatic heterocycles. The van der Waals surface area contributed by atoms with E-state index in [0.717, 1.165) is 6.92 Å². The third-order valence-corrected chi connectivity index (χ3v) is 10.2. The van der Waals surface area contributed by atoms with Crippen LogP contribution in [-0.2, 0) is 47.5 Å². The summed E-state index contributed by atoms with van der Waals surface area (Å²) in [7, 11) is 0. The summed E-state index contributed by atoms with van der Waals surface area (Å²) < 4.78 is 44.8. The number of aliphatic hydroxyl groups is 15. The summed E-state index contributed by atoms with van der Waals surface area (Å²) in [6, 6.07) is -1.71. The van der Waals surface area contributed by atoms with Gasteiger partial charge in [0, 0.05) is 6.92 Å². The molecule has 0 unspecified atom stereocenters. The first kappa shape index (κ1) is 48.9. The maximum Gasteiger partial charge on any atom is 0.217 e. The molecule has 0 radical (unpaired) electrons. The summed E-state index contributed by atoms with van der Waals surface area (Å²) in [4.78, 5) is 24.3. The molecule has 0 bridgehead atoms. The Labute approximate surface area is 329 Å². The lowest BCUT2D eigenvalue weighted by Crippen LogP contribution is -2.70. The van der Waals surface area contributed by atoms with Gasteiger partial charge in [-0.15, -0.1) is 0 Å². The van der Waals surface area contributed by atoms with E-state index in [2.05, 4.69) is 5.32 Å². The number of nitrogens with one attached hydrogen (secondary N) is 1. The number of aliphatic hydroxyl groups excluding tert-OH is 15. The first-order valence-electron chi connectivity index (χ1n) is 18.2. The summed E-state index contributed by atoms with van der Waals surface area (Å²) in [6.45, 7) is -1.75. The van der Waals surface area contributed by atoms with E-state index in [0.29, 0.717) is 0 Å². The Bertz CT molecular complexity index is 1290. The lowest BCUT2D eigenvalue weighted by Gasteiger charge is -2.49. The molecule has 0 aliphatic carbocycles. The molecule has 0 aromatic rings. The highest BCUT2D eigenvalue weighted by Crippen LogP contribution is 2.34. The molecule has 16 N–H and O–H groups in total. The molecule has 4 fully saturated rings. The second-order valence-electron chi connectivity index (χ2n) is 14.3. The summed E-state index contributed by atoms with van der Waals surface area (Å²) in [5.41, 5.74) is 0. The molecule has 4 aliphatic rings. The van der Waals surface area contributed by atoms with Gasteiger partial charge in [0.15, 0.2) is 31.4 Å². The van der Waals surface area contributed by atoms with Gasteiger partial charge in [-0.2, -0.15) is 0 Å². The molecule has 58 heavy (non-hydrogen) atoms. The fourth-order valence-corrected chi connectivity index (χ4v) is 6.91. The molecule has 0 spiro atoms. The Balaban J connectivity index is 1.65. The minimum Gasteiger partial charge on any atom is -0.394 e. The lowest BCUT2D eigenvalue weighted by molar-refractivity contribution is -0.375. The van der Waals surface area contributed by atoms with E-state index in [-0.39, 0.29) is 6.29 Å². The van der Waals surface area contributed by atoms with Crippen LogP contribution in [0.1, 0.15) is 13.8 Å². The van der Waals surface area contributed by atoms with E-state index in [1.807, 2.05) is 0 Å². The van der Waals surface area contributed by atoms with Crippen molar-refractivity contribution in [2.45, 2.75) is 161 Å². The van der Waals surface area contributed by atoms with Crippen LogP contribution < -0.4 is 5.32 Å². The molecular weight excluding hydrogens is 798 g/mol. The molecule has 26 heteroatoms. The zero-order valence-electron chi connectivity index (χ0n) is 31.1. The second-order valence-corrected chi connectivity index (χ2v) is 14.3.